The second kappa shape index (κ2) is 11.1. The Bertz CT molecular complexity index is 1250. The van der Waals surface area contributed by atoms with Crippen molar-refractivity contribution in [2.45, 2.75) is 97.2 Å². The van der Waals surface area contributed by atoms with Gasteiger partial charge in [0, 0.05) is 11.8 Å². The first-order valence-electron chi connectivity index (χ1n) is 13.5. The first-order chi connectivity index (χ1) is 18.8. The number of carbonyl (C=O) groups is 3. The number of aromatic nitrogens is 1. The third-order valence-electron chi connectivity index (χ3n) is 6.80. The molecule has 2 N–H and O–H groups in total. The lowest BCUT2D eigenvalue weighted by Crippen LogP contribution is -2.45. The molecular formula is C29H39N3O8. The number of hydrogen-bond donors (Lipinski definition) is 1. The van der Waals surface area contributed by atoms with Gasteiger partial charge in [-0.25, -0.2) is 19.0 Å². The quantitative estimate of drug-likeness (QED) is 0.384. The molecule has 4 rings (SSSR count). The van der Waals surface area contributed by atoms with E-state index in [0.29, 0.717) is 12.0 Å². The van der Waals surface area contributed by atoms with Crippen molar-refractivity contribution < 1.29 is 38.1 Å². The minimum absolute atomic E-state index is 0.0162. The van der Waals surface area contributed by atoms with Crippen LogP contribution in [0.2, 0.25) is 0 Å². The highest BCUT2D eigenvalue weighted by molar-refractivity contribution is 5.98. The molecule has 2 aliphatic heterocycles. The third-order valence-corrected chi connectivity index (χ3v) is 6.80. The first kappa shape index (κ1) is 29.4. The molecule has 2 saturated heterocycles. The standard InChI is InChI=1S/C29H39N3O8/c1-8-19-23-24(39-29(6,7)38-23)21(32(19)27(35)40-28(3,4)5)18-15-31(22(20(18)30)25(33)36-9-2)26(34)37-16-17-13-11-10-12-14-17/h10-15,19,21,23-24H,8-9,16,30H2,1-7H3/t19-,21+,23-,24+/m1/s1. The van der Waals surface area contributed by atoms with Gasteiger partial charge in [-0.1, -0.05) is 37.3 Å². The minimum Gasteiger partial charge on any atom is -0.461 e. The second-order valence-corrected chi connectivity index (χ2v) is 11.4. The summed E-state index contributed by atoms with van der Waals surface area (Å²) >= 11 is 0. The lowest BCUT2D eigenvalue weighted by atomic mass is 10.0. The SMILES string of the molecule is CCOC(=O)c1c(N)c([C@H]2[C@@H]3OC(C)(C)O[C@@H]3[C@@H](CC)N2C(=O)OC(C)(C)C)cn1C(=O)OCc1ccccc1. The summed E-state index contributed by atoms with van der Waals surface area (Å²) in [6.07, 6.45) is -0.571. The zero-order valence-corrected chi connectivity index (χ0v) is 24.1. The Morgan fingerprint density at radius 2 is 1.65 bits per heavy atom. The molecule has 0 unspecified atom stereocenters. The van der Waals surface area contributed by atoms with Crippen LogP contribution in [0.4, 0.5) is 15.3 Å². The summed E-state index contributed by atoms with van der Waals surface area (Å²) in [5.74, 6) is -1.71. The van der Waals surface area contributed by atoms with Crippen molar-refractivity contribution in [3.63, 3.8) is 0 Å². The van der Waals surface area contributed by atoms with Crippen molar-refractivity contribution in [3.05, 3.63) is 53.3 Å². The summed E-state index contributed by atoms with van der Waals surface area (Å²) in [4.78, 5) is 41.5. The van der Waals surface area contributed by atoms with Gasteiger partial charge < -0.3 is 29.4 Å². The number of nitrogens with two attached hydrogens (primary N) is 1. The average molecular weight is 558 g/mol. The molecule has 3 heterocycles. The fraction of sp³-hybridized carbons (Fsp3) is 0.552. The molecule has 0 spiro atoms. The summed E-state index contributed by atoms with van der Waals surface area (Å²) in [5, 5.41) is 0. The number of anilines is 1. The molecular weight excluding hydrogens is 518 g/mol. The Kier molecular flexibility index (Phi) is 8.18. The number of ether oxygens (including phenoxy) is 5. The summed E-state index contributed by atoms with van der Waals surface area (Å²) in [7, 11) is 0. The minimum atomic E-state index is -0.920. The highest BCUT2D eigenvalue weighted by atomic mass is 16.8. The largest absolute Gasteiger partial charge is 0.461 e. The maximum absolute atomic E-state index is 13.6. The number of esters is 1. The normalized spacial score (nSPS) is 23.5. The fourth-order valence-electron chi connectivity index (χ4n) is 5.32. The number of rotatable bonds is 6. The van der Waals surface area contributed by atoms with E-state index in [1.807, 2.05) is 37.3 Å². The van der Waals surface area contributed by atoms with Gasteiger partial charge in [-0.2, -0.15) is 0 Å². The van der Waals surface area contributed by atoms with Gasteiger partial charge in [0.05, 0.1) is 24.4 Å². The number of benzene rings is 1. The predicted octanol–water partition coefficient (Wildman–Crippen LogP) is 5.02. The van der Waals surface area contributed by atoms with Crippen LogP contribution >= 0.6 is 0 Å². The van der Waals surface area contributed by atoms with E-state index in [2.05, 4.69) is 0 Å². The second-order valence-electron chi connectivity index (χ2n) is 11.4. The Morgan fingerprint density at radius 1 is 1.00 bits per heavy atom. The molecule has 0 aliphatic carbocycles. The zero-order chi connectivity index (χ0) is 29.4. The third kappa shape index (κ3) is 5.80. The van der Waals surface area contributed by atoms with Crippen molar-refractivity contribution >= 4 is 23.8 Å². The number of amides is 1. The van der Waals surface area contributed by atoms with Crippen LogP contribution in [-0.4, -0.2) is 63.9 Å². The van der Waals surface area contributed by atoms with E-state index in [1.54, 1.807) is 46.4 Å². The van der Waals surface area contributed by atoms with Crippen LogP contribution in [-0.2, 0) is 30.3 Å². The number of nitrogens with zero attached hydrogens (tertiary/aromatic N) is 2. The van der Waals surface area contributed by atoms with E-state index in [4.69, 9.17) is 29.4 Å². The van der Waals surface area contributed by atoms with Gasteiger partial charge in [-0.15, -0.1) is 0 Å². The first-order valence-corrected chi connectivity index (χ1v) is 13.5. The summed E-state index contributed by atoms with van der Waals surface area (Å²) in [5.41, 5.74) is 6.71. The summed E-state index contributed by atoms with van der Waals surface area (Å²) in [6.45, 7) is 12.6. The Balaban J connectivity index is 1.80. The van der Waals surface area contributed by atoms with Gasteiger partial charge in [-0.3, -0.25) is 4.90 Å². The number of fused-ring (bicyclic) bond motifs is 1. The molecule has 0 saturated carbocycles. The molecule has 40 heavy (non-hydrogen) atoms. The van der Waals surface area contributed by atoms with Gasteiger partial charge >= 0.3 is 18.2 Å². The fourth-order valence-corrected chi connectivity index (χ4v) is 5.32. The summed E-state index contributed by atoms with van der Waals surface area (Å²) < 4.78 is 30.1. The molecule has 2 aromatic rings. The maximum atomic E-state index is 13.6. The number of likely N-dealkylation sites (tertiary alicyclic amines) is 1. The smallest absolute Gasteiger partial charge is 0.419 e. The van der Waals surface area contributed by atoms with Crippen LogP contribution in [0.15, 0.2) is 36.5 Å². The average Bonchev–Trinajstić information content (AvgIpc) is 3.47. The number of carbonyl (C=O) groups excluding carboxylic acids is 3. The Morgan fingerprint density at radius 3 is 2.25 bits per heavy atom. The Labute approximate surface area is 234 Å². The van der Waals surface area contributed by atoms with Gasteiger partial charge in [0.2, 0.25) is 0 Å². The molecule has 2 aliphatic rings. The Hall–Kier alpha value is -3.57. The number of nitrogen functional groups attached to an aromatic ring is 1. The zero-order valence-electron chi connectivity index (χ0n) is 24.1. The van der Waals surface area contributed by atoms with Crippen LogP contribution in [0.1, 0.15) is 82.5 Å². The highest BCUT2D eigenvalue weighted by Gasteiger charge is 2.60. The highest BCUT2D eigenvalue weighted by Crippen LogP contribution is 2.50. The van der Waals surface area contributed by atoms with E-state index in [-0.39, 0.29) is 24.6 Å². The van der Waals surface area contributed by atoms with E-state index in [0.717, 1.165) is 10.1 Å². The van der Waals surface area contributed by atoms with Crippen molar-refractivity contribution in [2.24, 2.45) is 0 Å². The lowest BCUT2D eigenvalue weighted by molar-refractivity contribution is -0.167. The molecule has 1 amide bonds. The monoisotopic (exact) mass is 557 g/mol. The van der Waals surface area contributed by atoms with Gasteiger partial charge in [0.15, 0.2) is 11.5 Å². The van der Waals surface area contributed by atoms with E-state index < -0.39 is 53.8 Å². The number of hydrogen-bond acceptors (Lipinski definition) is 9. The molecule has 11 nitrogen and oxygen atoms in total. The van der Waals surface area contributed by atoms with E-state index in [9.17, 15) is 14.4 Å². The van der Waals surface area contributed by atoms with Crippen molar-refractivity contribution in [1.82, 2.24) is 9.47 Å². The van der Waals surface area contributed by atoms with Gasteiger partial charge in [0.1, 0.15) is 24.4 Å². The van der Waals surface area contributed by atoms with Crippen molar-refractivity contribution in [1.29, 1.82) is 0 Å². The van der Waals surface area contributed by atoms with Crippen LogP contribution < -0.4 is 5.73 Å². The molecule has 218 valence electrons. The van der Waals surface area contributed by atoms with E-state index >= 15 is 0 Å². The molecule has 4 atom stereocenters. The topological polar surface area (TPSA) is 132 Å². The van der Waals surface area contributed by atoms with Gasteiger partial charge in [-0.05, 0) is 53.5 Å². The van der Waals surface area contributed by atoms with E-state index in [1.165, 1.54) is 6.20 Å². The van der Waals surface area contributed by atoms with Crippen LogP contribution in [0, 0.1) is 0 Å². The molecule has 1 aromatic heterocycles. The molecule has 0 radical (unpaired) electrons. The van der Waals surface area contributed by atoms with Crippen molar-refractivity contribution in [3.8, 4) is 0 Å². The van der Waals surface area contributed by atoms with Crippen LogP contribution in [0.5, 0.6) is 0 Å². The molecule has 11 heteroatoms. The van der Waals surface area contributed by atoms with Crippen LogP contribution in [0.3, 0.4) is 0 Å². The molecule has 1 aromatic carbocycles. The van der Waals surface area contributed by atoms with Crippen LogP contribution in [0.25, 0.3) is 0 Å². The molecule has 0 bridgehead atoms. The summed E-state index contributed by atoms with van der Waals surface area (Å²) in [6, 6.07) is 7.92. The lowest BCUT2D eigenvalue weighted by Gasteiger charge is -2.35. The van der Waals surface area contributed by atoms with Gasteiger partial charge in [0.25, 0.3) is 0 Å². The maximum Gasteiger partial charge on any atom is 0.419 e. The molecule has 2 fully saturated rings. The van der Waals surface area contributed by atoms with Crippen molar-refractivity contribution in [2.75, 3.05) is 12.3 Å². The predicted molar refractivity (Wildman–Crippen MR) is 146 cm³/mol.